The highest BCUT2D eigenvalue weighted by Gasteiger charge is 2.17. The molecule has 0 spiro atoms. The van der Waals surface area contributed by atoms with Gasteiger partial charge < -0.3 is 15.2 Å². The fourth-order valence-electron chi connectivity index (χ4n) is 3.26. The molecule has 3 aromatic rings. The lowest BCUT2D eigenvalue weighted by molar-refractivity contribution is -0.906. The number of benzene rings is 2. The van der Waals surface area contributed by atoms with Gasteiger partial charge in [-0.2, -0.15) is 0 Å². The summed E-state index contributed by atoms with van der Waals surface area (Å²) in [6.07, 6.45) is 2.00. The molecule has 0 aliphatic heterocycles. The number of hydrogen-bond acceptors (Lipinski definition) is 3. The van der Waals surface area contributed by atoms with E-state index in [0.29, 0.717) is 34.0 Å². The van der Waals surface area contributed by atoms with Crippen LogP contribution in [0.5, 0.6) is 0 Å². The summed E-state index contributed by atoms with van der Waals surface area (Å²) in [6.45, 7) is 5.60. The molecule has 0 aliphatic rings. The van der Waals surface area contributed by atoms with Crippen molar-refractivity contribution in [2.24, 2.45) is 0 Å². The van der Waals surface area contributed by atoms with E-state index in [2.05, 4.69) is 22.2 Å². The minimum Gasteiger partial charge on any atom is -0.321 e. The monoisotopic (exact) mass is 413 g/mol. The van der Waals surface area contributed by atoms with E-state index in [4.69, 9.17) is 11.6 Å². The topological polar surface area (TPSA) is 79.3 Å². The summed E-state index contributed by atoms with van der Waals surface area (Å²) in [7, 11) is 0. The number of anilines is 1. The zero-order chi connectivity index (χ0) is 20.8. The lowest BCUT2D eigenvalue weighted by atomic mass is 10.2. The van der Waals surface area contributed by atoms with Crippen molar-refractivity contribution in [2.45, 2.75) is 33.2 Å². The number of nitrogens with zero attached hydrogens (tertiary/aromatic N) is 1. The van der Waals surface area contributed by atoms with Gasteiger partial charge in [0.25, 0.3) is 11.5 Å². The second-order valence-corrected chi connectivity index (χ2v) is 7.68. The molecule has 0 fully saturated rings. The van der Waals surface area contributed by atoms with E-state index in [1.54, 1.807) is 6.07 Å². The first kappa shape index (κ1) is 21.0. The van der Waals surface area contributed by atoms with E-state index in [9.17, 15) is 9.59 Å². The predicted octanol–water partition coefficient (Wildman–Crippen LogP) is 2.71. The molecule has 6 nitrogen and oxygen atoms in total. The van der Waals surface area contributed by atoms with E-state index in [-0.39, 0.29) is 18.0 Å². The van der Waals surface area contributed by atoms with E-state index < -0.39 is 0 Å². The molecule has 0 aliphatic carbocycles. The molecule has 7 heteroatoms. The second kappa shape index (κ2) is 9.67. The summed E-state index contributed by atoms with van der Waals surface area (Å²) in [5.74, 6) is 0.464. The van der Waals surface area contributed by atoms with Crippen LogP contribution in [-0.4, -0.2) is 29.0 Å². The lowest BCUT2D eigenvalue weighted by Crippen LogP contribution is -3.12. The Balaban J connectivity index is 1.74. The van der Waals surface area contributed by atoms with Gasteiger partial charge >= 0.3 is 0 Å². The summed E-state index contributed by atoms with van der Waals surface area (Å²) < 4.78 is 0. The van der Waals surface area contributed by atoms with Crippen LogP contribution in [0.15, 0.2) is 47.3 Å². The number of carbonyl (C=O) groups is 1. The third kappa shape index (κ3) is 5.65. The third-order valence-electron chi connectivity index (χ3n) is 4.77. The Bertz CT molecular complexity index is 1060. The van der Waals surface area contributed by atoms with E-state index in [1.807, 2.05) is 43.3 Å². The maximum atomic E-state index is 12.6. The highest BCUT2D eigenvalue weighted by atomic mass is 35.5. The van der Waals surface area contributed by atoms with Gasteiger partial charge in [0, 0.05) is 0 Å². The molecule has 152 valence electrons. The first-order valence-electron chi connectivity index (χ1n) is 9.83. The van der Waals surface area contributed by atoms with Gasteiger partial charge in [-0.1, -0.05) is 43.1 Å². The average molecular weight is 414 g/mol. The molecule has 0 bridgehead atoms. The van der Waals surface area contributed by atoms with Crippen molar-refractivity contribution in [3.8, 4) is 0 Å². The van der Waals surface area contributed by atoms with Crippen LogP contribution in [0.25, 0.3) is 10.9 Å². The van der Waals surface area contributed by atoms with Crippen LogP contribution in [0.3, 0.4) is 0 Å². The molecule has 1 amide bonds. The maximum absolute atomic E-state index is 12.6. The molecule has 0 radical (unpaired) electrons. The number of unbranched alkanes of at least 4 members (excludes halogenated alkanes) is 1. The standard InChI is InChI=1S/C22H25ClN4O2/c1-3-4-11-27(14-21(28)25-19-10-9-15(2)12-17(19)23)13-20-24-18-8-6-5-7-16(18)22(29)26-20/h5-10,12H,3-4,11,13-14H2,1-2H3,(H,25,28)(H,24,26,29)/p+1. The zero-order valence-corrected chi connectivity index (χ0v) is 17.5. The number of quaternary nitrogens is 1. The fourth-order valence-corrected chi connectivity index (χ4v) is 3.55. The number of para-hydroxylation sites is 1. The third-order valence-corrected chi connectivity index (χ3v) is 5.09. The van der Waals surface area contributed by atoms with Gasteiger partial charge in [-0.25, -0.2) is 4.98 Å². The molecular weight excluding hydrogens is 388 g/mol. The van der Waals surface area contributed by atoms with E-state index in [0.717, 1.165) is 29.8 Å². The molecule has 1 unspecified atom stereocenters. The molecule has 1 aromatic heterocycles. The Morgan fingerprint density at radius 2 is 2.03 bits per heavy atom. The maximum Gasteiger partial charge on any atom is 0.279 e. The molecule has 29 heavy (non-hydrogen) atoms. The molecule has 1 heterocycles. The number of rotatable bonds is 8. The molecule has 1 atom stereocenters. The van der Waals surface area contributed by atoms with Crippen molar-refractivity contribution in [3.63, 3.8) is 0 Å². The van der Waals surface area contributed by atoms with Gasteiger partial charge in [0.1, 0.15) is 6.54 Å². The van der Waals surface area contributed by atoms with Crippen molar-refractivity contribution < 1.29 is 9.69 Å². The first-order chi connectivity index (χ1) is 14.0. The molecule has 3 N–H and O–H groups in total. The summed E-state index contributed by atoms with van der Waals surface area (Å²) in [6, 6.07) is 12.8. The highest BCUT2D eigenvalue weighted by Crippen LogP contribution is 2.22. The van der Waals surface area contributed by atoms with Crippen molar-refractivity contribution in [3.05, 3.63) is 69.2 Å². The Hall–Kier alpha value is -2.70. The van der Waals surface area contributed by atoms with Gasteiger partial charge in [0.2, 0.25) is 0 Å². The van der Waals surface area contributed by atoms with Gasteiger partial charge in [-0.3, -0.25) is 9.59 Å². The number of amides is 1. The van der Waals surface area contributed by atoms with Crippen molar-refractivity contribution >= 4 is 34.1 Å². The van der Waals surface area contributed by atoms with Crippen LogP contribution in [0, 0.1) is 6.92 Å². The van der Waals surface area contributed by atoms with Gasteiger partial charge in [-0.15, -0.1) is 0 Å². The predicted molar refractivity (Wildman–Crippen MR) is 116 cm³/mol. The smallest absolute Gasteiger partial charge is 0.279 e. The number of H-pyrrole nitrogens is 1. The average Bonchev–Trinajstić information content (AvgIpc) is 2.68. The zero-order valence-electron chi connectivity index (χ0n) is 16.7. The van der Waals surface area contributed by atoms with Crippen LogP contribution in [0.2, 0.25) is 5.02 Å². The summed E-state index contributed by atoms with van der Waals surface area (Å²) in [5.41, 5.74) is 2.15. The number of aromatic nitrogens is 2. The van der Waals surface area contributed by atoms with Crippen LogP contribution in [-0.2, 0) is 11.3 Å². The van der Waals surface area contributed by atoms with Gasteiger partial charge in [-0.05, 0) is 43.2 Å². The molecule has 0 saturated carbocycles. The van der Waals surface area contributed by atoms with Crippen LogP contribution >= 0.6 is 11.6 Å². The Morgan fingerprint density at radius 3 is 2.79 bits per heavy atom. The Kier molecular flexibility index (Phi) is 7.01. The molecule has 2 aromatic carbocycles. The summed E-state index contributed by atoms with van der Waals surface area (Å²) in [5, 5.41) is 3.98. The number of aryl methyl sites for hydroxylation is 1. The number of halogens is 1. The van der Waals surface area contributed by atoms with E-state index in [1.165, 1.54) is 0 Å². The van der Waals surface area contributed by atoms with Crippen LogP contribution in [0.1, 0.15) is 31.2 Å². The Morgan fingerprint density at radius 1 is 1.24 bits per heavy atom. The van der Waals surface area contributed by atoms with Crippen molar-refractivity contribution in [1.29, 1.82) is 0 Å². The first-order valence-corrected chi connectivity index (χ1v) is 10.2. The number of hydrogen-bond donors (Lipinski definition) is 3. The van der Waals surface area contributed by atoms with Crippen LogP contribution in [0.4, 0.5) is 5.69 Å². The van der Waals surface area contributed by atoms with Gasteiger partial charge in [0.05, 0.1) is 28.2 Å². The molecule has 0 saturated heterocycles. The Labute approximate surface area is 174 Å². The minimum atomic E-state index is -0.156. The normalized spacial score (nSPS) is 12.1. The largest absolute Gasteiger partial charge is 0.321 e. The van der Waals surface area contributed by atoms with Crippen LogP contribution < -0.4 is 15.8 Å². The number of nitrogens with one attached hydrogen (secondary N) is 3. The highest BCUT2D eigenvalue weighted by molar-refractivity contribution is 6.33. The number of aromatic amines is 1. The lowest BCUT2D eigenvalue weighted by Gasteiger charge is -2.19. The van der Waals surface area contributed by atoms with Crippen molar-refractivity contribution in [1.82, 2.24) is 9.97 Å². The minimum absolute atomic E-state index is 0.120. The second-order valence-electron chi connectivity index (χ2n) is 7.27. The quantitative estimate of drug-likeness (QED) is 0.531. The molecular formula is C22H26ClN4O2+. The SMILES string of the molecule is CCCC[NH+](CC(=O)Nc1ccc(C)cc1Cl)Cc1nc2ccccc2c(=O)[nH]1. The fraction of sp³-hybridized carbons (Fsp3) is 0.318. The summed E-state index contributed by atoms with van der Waals surface area (Å²) >= 11 is 6.23. The van der Waals surface area contributed by atoms with Crippen molar-refractivity contribution in [2.75, 3.05) is 18.4 Å². The van der Waals surface area contributed by atoms with E-state index >= 15 is 0 Å². The number of fused-ring (bicyclic) bond motifs is 1. The number of carbonyl (C=O) groups excluding carboxylic acids is 1. The molecule has 3 rings (SSSR count). The van der Waals surface area contributed by atoms with Gasteiger partial charge in [0.15, 0.2) is 12.4 Å². The summed E-state index contributed by atoms with van der Waals surface area (Å²) in [4.78, 5) is 33.4.